The molecular weight excluding hydrogens is 228 g/mol. The summed E-state index contributed by atoms with van der Waals surface area (Å²) >= 11 is 0. The van der Waals surface area contributed by atoms with E-state index in [1.54, 1.807) is 13.0 Å². The van der Waals surface area contributed by atoms with Gasteiger partial charge in [0, 0.05) is 18.4 Å². The van der Waals surface area contributed by atoms with E-state index in [4.69, 9.17) is 5.11 Å². The molecule has 3 nitrogen and oxygen atoms in total. The van der Waals surface area contributed by atoms with Crippen molar-refractivity contribution in [2.24, 2.45) is 11.3 Å². The van der Waals surface area contributed by atoms with Crippen molar-refractivity contribution >= 4 is 11.8 Å². The molecule has 1 aliphatic rings. The number of carbonyl (C=O) groups excluding carboxylic acids is 1. The van der Waals surface area contributed by atoms with E-state index in [2.05, 4.69) is 13.8 Å². The molecule has 0 aliphatic heterocycles. The van der Waals surface area contributed by atoms with Crippen molar-refractivity contribution in [3.05, 3.63) is 35.5 Å². The Labute approximate surface area is 108 Å². The molecule has 0 fully saturated rings. The van der Waals surface area contributed by atoms with Crippen LogP contribution in [0.2, 0.25) is 0 Å². The van der Waals surface area contributed by atoms with Gasteiger partial charge >= 0.3 is 5.97 Å². The van der Waals surface area contributed by atoms with Crippen molar-refractivity contribution < 1.29 is 14.7 Å². The van der Waals surface area contributed by atoms with Gasteiger partial charge in [-0.15, -0.1) is 0 Å². The molecule has 18 heavy (non-hydrogen) atoms. The minimum atomic E-state index is -0.942. The molecule has 3 heteroatoms. The number of rotatable bonds is 3. The summed E-state index contributed by atoms with van der Waals surface area (Å²) < 4.78 is 0. The van der Waals surface area contributed by atoms with Crippen LogP contribution in [-0.4, -0.2) is 16.9 Å². The Morgan fingerprint density at radius 1 is 1.50 bits per heavy atom. The van der Waals surface area contributed by atoms with Gasteiger partial charge in [-0.05, 0) is 30.9 Å². The number of hydrogen-bond donors (Lipinski definition) is 1. The lowest BCUT2D eigenvalue weighted by Crippen LogP contribution is -2.30. The van der Waals surface area contributed by atoms with Gasteiger partial charge in [-0.1, -0.05) is 31.6 Å². The normalized spacial score (nSPS) is 24.2. The summed E-state index contributed by atoms with van der Waals surface area (Å²) in [6.45, 7) is 7.83. The second kappa shape index (κ2) is 5.34. The summed E-state index contributed by atoms with van der Waals surface area (Å²) in [6, 6.07) is 0. The third kappa shape index (κ3) is 3.69. The van der Waals surface area contributed by atoms with Crippen LogP contribution in [-0.2, 0) is 9.59 Å². The van der Waals surface area contributed by atoms with E-state index in [0.717, 1.165) is 5.57 Å². The smallest absolute Gasteiger partial charge is 0.328 e. The highest BCUT2D eigenvalue weighted by molar-refractivity contribution is 5.92. The molecule has 1 N–H and O–H groups in total. The standard InChI is InChI=1S/C15H20O3/c1-10(7-14(17)18)5-6-13-11(2)8-12(16)9-15(13,3)4/h5-8,13H,9H2,1-4H3,(H,17,18)/b6-5+,10-7+. The van der Waals surface area contributed by atoms with Crippen LogP contribution in [0.3, 0.4) is 0 Å². The Bertz CT molecular complexity index is 450. The zero-order chi connectivity index (χ0) is 13.9. The largest absolute Gasteiger partial charge is 0.478 e. The van der Waals surface area contributed by atoms with Crippen molar-refractivity contribution in [1.29, 1.82) is 0 Å². The monoisotopic (exact) mass is 248 g/mol. The van der Waals surface area contributed by atoms with Crippen LogP contribution >= 0.6 is 0 Å². The number of hydrogen-bond acceptors (Lipinski definition) is 2. The number of carboxylic acids is 1. The van der Waals surface area contributed by atoms with Gasteiger partial charge in [-0.2, -0.15) is 0 Å². The van der Waals surface area contributed by atoms with Crippen LogP contribution in [0.1, 0.15) is 34.1 Å². The Hall–Kier alpha value is -1.64. The van der Waals surface area contributed by atoms with E-state index in [1.165, 1.54) is 6.08 Å². The first kappa shape index (κ1) is 14.4. The van der Waals surface area contributed by atoms with Gasteiger partial charge in [0.1, 0.15) is 0 Å². The molecular formula is C15H20O3. The van der Waals surface area contributed by atoms with Crippen molar-refractivity contribution in [3.63, 3.8) is 0 Å². The molecule has 1 rings (SSSR count). The van der Waals surface area contributed by atoms with E-state index >= 15 is 0 Å². The van der Waals surface area contributed by atoms with Crippen molar-refractivity contribution in [2.45, 2.75) is 34.1 Å². The highest BCUT2D eigenvalue weighted by Gasteiger charge is 2.34. The molecule has 0 heterocycles. The highest BCUT2D eigenvalue weighted by Crippen LogP contribution is 2.40. The predicted octanol–water partition coefficient (Wildman–Crippen LogP) is 3.14. The first-order chi connectivity index (χ1) is 8.22. The van der Waals surface area contributed by atoms with Gasteiger partial charge in [0.15, 0.2) is 5.78 Å². The fraction of sp³-hybridized carbons (Fsp3) is 0.467. The van der Waals surface area contributed by atoms with Crippen LogP contribution in [0.5, 0.6) is 0 Å². The average Bonchev–Trinajstić information content (AvgIpc) is 2.12. The maximum Gasteiger partial charge on any atom is 0.328 e. The lowest BCUT2D eigenvalue weighted by atomic mass is 9.68. The lowest BCUT2D eigenvalue weighted by Gasteiger charge is -2.35. The fourth-order valence-electron chi connectivity index (χ4n) is 2.47. The van der Waals surface area contributed by atoms with Crippen molar-refractivity contribution in [1.82, 2.24) is 0 Å². The first-order valence-corrected chi connectivity index (χ1v) is 6.03. The summed E-state index contributed by atoms with van der Waals surface area (Å²) in [5.74, 6) is -0.602. The SMILES string of the molecule is CC1=CC(=O)CC(C)(C)C1/C=C/C(C)=C/C(=O)O. The summed E-state index contributed by atoms with van der Waals surface area (Å²) in [4.78, 5) is 22.1. The second-order valence-electron chi connectivity index (χ2n) is 5.58. The quantitative estimate of drug-likeness (QED) is 0.616. The van der Waals surface area contributed by atoms with Crippen LogP contribution in [0.25, 0.3) is 0 Å². The molecule has 0 saturated carbocycles. The van der Waals surface area contributed by atoms with Gasteiger partial charge in [0.25, 0.3) is 0 Å². The van der Waals surface area contributed by atoms with Gasteiger partial charge in [0.2, 0.25) is 0 Å². The molecule has 0 aromatic rings. The maximum absolute atomic E-state index is 11.5. The topological polar surface area (TPSA) is 54.4 Å². The molecule has 0 aromatic heterocycles. The van der Waals surface area contributed by atoms with Crippen LogP contribution in [0.4, 0.5) is 0 Å². The van der Waals surface area contributed by atoms with Gasteiger partial charge in [-0.3, -0.25) is 4.79 Å². The summed E-state index contributed by atoms with van der Waals surface area (Å²) in [7, 11) is 0. The number of carboxylic acid groups (broad SMARTS) is 1. The van der Waals surface area contributed by atoms with E-state index in [9.17, 15) is 9.59 Å². The summed E-state index contributed by atoms with van der Waals surface area (Å²) in [5, 5.41) is 8.64. The maximum atomic E-state index is 11.5. The molecule has 0 radical (unpaired) electrons. The minimum absolute atomic E-state index is 0.115. The third-order valence-corrected chi connectivity index (χ3v) is 3.25. The van der Waals surface area contributed by atoms with Gasteiger partial charge in [-0.25, -0.2) is 4.79 Å². The minimum Gasteiger partial charge on any atom is -0.478 e. The van der Waals surface area contributed by atoms with Gasteiger partial charge in [0.05, 0.1) is 0 Å². The Kier molecular flexibility index (Phi) is 4.28. The fourth-order valence-corrected chi connectivity index (χ4v) is 2.47. The Morgan fingerprint density at radius 3 is 2.61 bits per heavy atom. The lowest BCUT2D eigenvalue weighted by molar-refractivity contribution is -0.131. The van der Waals surface area contributed by atoms with E-state index < -0.39 is 5.97 Å². The number of carbonyl (C=O) groups is 2. The Balaban J connectivity index is 2.95. The van der Waals surface area contributed by atoms with E-state index in [1.807, 2.05) is 19.1 Å². The molecule has 0 spiro atoms. The molecule has 1 unspecified atom stereocenters. The first-order valence-electron chi connectivity index (χ1n) is 6.03. The van der Waals surface area contributed by atoms with Crippen molar-refractivity contribution in [2.75, 3.05) is 0 Å². The van der Waals surface area contributed by atoms with Crippen LogP contribution < -0.4 is 0 Å². The molecule has 1 aliphatic carbocycles. The number of ketones is 1. The van der Waals surface area contributed by atoms with E-state index in [0.29, 0.717) is 12.0 Å². The molecule has 0 amide bonds. The second-order valence-corrected chi connectivity index (χ2v) is 5.58. The molecule has 1 atom stereocenters. The summed E-state index contributed by atoms with van der Waals surface area (Å²) in [5.41, 5.74) is 1.62. The van der Waals surface area contributed by atoms with Crippen LogP contribution in [0.15, 0.2) is 35.5 Å². The van der Waals surface area contributed by atoms with Gasteiger partial charge < -0.3 is 5.11 Å². The highest BCUT2D eigenvalue weighted by atomic mass is 16.4. The zero-order valence-corrected chi connectivity index (χ0v) is 11.4. The Morgan fingerprint density at radius 2 is 2.11 bits per heavy atom. The zero-order valence-electron chi connectivity index (χ0n) is 11.4. The summed E-state index contributed by atoms with van der Waals surface area (Å²) in [6.07, 6.45) is 7.20. The molecule has 0 bridgehead atoms. The molecule has 98 valence electrons. The number of aliphatic carboxylic acids is 1. The average molecular weight is 248 g/mol. The van der Waals surface area contributed by atoms with E-state index in [-0.39, 0.29) is 17.1 Å². The van der Waals surface area contributed by atoms with Crippen molar-refractivity contribution in [3.8, 4) is 0 Å². The third-order valence-electron chi connectivity index (χ3n) is 3.25. The van der Waals surface area contributed by atoms with Crippen LogP contribution in [0, 0.1) is 11.3 Å². The number of allylic oxidation sites excluding steroid dienone is 5. The predicted molar refractivity (Wildman–Crippen MR) is 71.2 cm³/mol. The molecule has 0 aromatic carbocycles. The molecule has 0 saturated heterocycles.